The SMILES string of the molecule is C=C(/C=C\C(=C/C(C)CC)c1c(F)cc(C)cc1/C(O)=C\CC)C(F)P. The first-order valence-electron chi connectivity index (χ1n) is 8.89. The fourth-order valence-corrected chi connectivity index (χ4v) is 2.59. The summed E-state index contributed by atoms with van der Waals surface area (Å²) < 4.78 is 28.3. The van der Waals surface area contributed by atoms with Crippen LogP contribution >= 0.6 is 9.24 Å². The monoisotopic (exact) mass is 378 g/mol. The predicted molar refractivity (Wildman–Crippen MR) is 112 cm³/mol. The third-order valence-corrected chi connectivity index (χ3v) is 4.56. The summed E-state index contributed by atoms with van der Waals surface area (Å²) in [6.45, 7) is 11.4. The fraction of sp³-hybridized carbons (Fsp3) is 0.364. The first-order valence-corrected chi connectivity index (χ1v) is 9.56. The van der Waals surface area contributed by atoms with Gasteiger partial charge in [0.1, 0.15) is 17.5 Å². The molecule has 1 nitrogen and oxygen atoms in total. The van der Waals surface area contributed by atoms with Crippen molar-refractivity contribution in [2.75, 3.05) is 0 Å². The maximum Gasteiger partial charge on any atom is 0.137 e. The van der Waals surface area contributed by atoms with E-state index in [1.165, 1.54) is 6.07 Å². The van der Waals surface area contributed by atoms with Crippen molar-refractivity contribution in [2.24, 2.45) is 5.92 Å². The summed E-state index contributed by atoms with van der Waals surface area (Å²) in [5.41, 5.74) is 2.38. The summed E-state index contributed by atoms with van der Waals surface area (Å²) in [5.74, 6) is -1.43. The molecule has 26 heavy (non-hydrogen) atoms. The summed E-state index contributed by atoms with van der Waals surface area (Å²) in [6, 6.07) is 3.21. The second kappa shape index (κ2) is 10.4. The number of aliphatic hydroxyl groups excluding tert-OH is 1. The number of benzene rings is 1. The van der Waals surface area contributed by atoms with Crippen molar-refractivity contribution in [3.63, 3.8) is 0 Å². The molecule has 1 N–H and O–H groups in total. The summed E-state index contributed by atoms with van der Waals surface area (Å²) in [5, 5.41) is 10.4. The van der Waals surface area contributed by atoms with Crippen molar-refractivity contribution in [3.05, 3.63) is 71.1 Å². The molecule has 0 fully saturated rings. The molecule has 0 aliphatic carbocycles. The van der Waals surface area contributed by atoms with Crippen LogP contribution in [0.4, 0.5) is 8.78 Å². The third kappa shape index (κ3) is 6.21. The van der Waals surface area contributed by atoms with E-state index in [1.807, 2.05) is 36.1 Å². The van der Waals surface area contributed by atoms with Crippen molar-refractivity contribution in [2.45, 2.75) is 46.4 Å². The molecule has 1 aromatic rings. The molecule has 0 heterocycles. The van der Waals surface area contributed by atoms with Crippen LogP contribution in [0.25, 0.3) is 11.3 Å². The van der Waals surface area contributed by atoms with Crippen molar-refractivity contribution >= 4 is 20.6 Å². The predicted octanol–water partition coefficient (Wildman–Crippen LogP) is 7.16. The number of aryl methyl sites for hydroxylation is 1. The fourth-order valence-electron chi connectivity index (χ4n) is 2.48. The highest BCUT2D eigenvalue weighted by atomic mass is 31.0. The van der Waals surface area contributed by atoms with Crippen LogP contribution in [0, 0.1) is 18.7 Å². The molecule has 142 valence electrons. The van der Waals surface area contributed by atoms with Crippen LogP contribution in [0.3, 0.4) is 0 Å². The number of hydrogen-bond acceptors (Lipinski definition) is 1. The van der Waals surface area contributed by atoms with Gasteiger partial charge < -0.3 is 5.11 Å². The Labute approximate surface area is 158 Å². The average molecular weight is 378 g/mol. The average Bonchev–Trinajstić information content (AvgIpc) is 2.57. The van der Waals surface area contributed by atoms with Gasteiger partial charge in [0, 0.05) is 11.1 Å². The molecular formula is C22H29F2OP. The Morgan fingerprint density at radius 1 is 1.31 bits per heavy atom. The lowest BCUT2D eigenvalue weighted by Crippen LogP contribution is -2.00. The molecule has 0 saturated heterocycles. The van der Waals surface area contributed by atoms with Crippen LogP contribution in [0.15, 0.2) is 48.6 Å². The first-order chi connectivity index (χ1) is 12.2. The Bertz CT molecular complexity index is 730. The van der Waals surface area contributed by atoms with Crippen LogP contribution in [-0.2, 0) is 0 Å². The number of alkyl halides is 1. The number of rotatable bonds is 8. The van der Waals surface area contributed by atoms with Crippen LogP contribution in [0.2, 0.25) is 0 Å². The molecule has 0 amide bonds. The zero-order valence-electron chi connectivity index (χ0n) is 16.0. The molecule has 0 spiro atoms. The smallest absolute Gasteiger partial charge is 0.137 e. The zero-order chi connectivity index (χ0) is 19.9. The summed E-state index contributed by atoms with van der Waals surface area (Å²) in [4.78, 5) is 0. The largest absolute Gasteiger partial charge is 0.508 e. The van der Waals surface area contributed by atoms with E-state index in [1.54, 1.807) is 31.2 Å². The van der Waals surface area contributed by atoms with Gasteiger partial charge in [-0.05, 0) is 54.2 Å². The normalized spacial score (nSPS) is 15.3. The number of aliphatic hydroxyl groups is 1. The second-order valence-electron chi connectivity index (χ2n) is 6.48. The van der Waals surface area contributed by atoms with E-state index >= 15 is 0 Å². The Morgan fingerprint density at radius 2 is 1.96 bits per heavy atom. The van der Waals surface area contributed by atoms with Crippen molar-refractivity contribution in [3.8, 4) is 0 Å². The van der Waals surface area contributed by atoms with Gasteiger partial charge >= 0.3 is 0 Å². The molecule has 1 aromatic carbocycles. The highest BCUT2D eigenvalue weighted by Crippen LogP contribution is 2.31. The third-order valence-electron chi connectivity index (χ3n) is 4.14. The minimum Gasteiger partial charge on any atom is -0.508 e. The van der Waals surface area contributed by atoms with Crippen LogP contribution in [0.5, 0.6) is 0 Å². The quantitative estimate of drug-likeness (QED) is 0.289. The lowest BCUT2D eigenvalue weighted by molar-refractivity contribution is 0.507. The lowest BCUT2D eigenvalue weighted by atomic mass is 9.92. The van der Waals surface area contributed by atoms with Gasteiger partial charge in [0.15, 0.2) is 0 Å². The summed E-state index contributed by atoms with van der Waals surface area (Å²) >= 11 is 0. The molecule has 0 aliphatic rings. The van der Waals surface area contributed by atoms with Crippen molar-refractivity contribution in [1.82, 2.24) is 0 Å². The number of halogens is 2. The molecule has 0 bridgehead atoms. The number of hydrogen-bond donors (Lipinski definition) is 1. The highest BCUT2D eigenvalue weighted by molar-refractivity contribution is 7.17. The van der Waals surface area contributed by atoms with Crippen LogP contribution in [-0.4, -0.2) is 11.0 Å². The molecule has 4 heteroatoms. The molecule has 3 atom stereocenters. The molecule has 0 saturated carbocycles. The lowest BCUT2D eigenvalue weighted by Gasteiger charge is -2.15. The Kier molecular flexibility index (Phi) is 8.95. The summed E-state index contributed by atoms with van der Waals surface area (Å²) in [7, 11) is 2.05. The molecule has 1 rings (SSSR count). The topological polar surface area (TPSA) is 20.2 Å². The second-order valence-corrected chi connectivity index (χ2v) is 7.07. The van der Waals surface area contributed by atoms with Gasteiger partial charge in [-0.15, -0.1) is 0 Å². The van der Waals surface area contributed by atoms with Crippen LogP contribution < -0.4 is 0 Å². The standard InChI is InChI=1S/C22H29F2OP/c1-6-8-20(25)18-12-15(4)13-19(23)21(18)17(11-14(3)7-2)10-9-16(5)22(24)26/h8-14,22,25H,5-7,26H2,1-4H3/b10-9-,17-11+,20-8+. The van der Waals surface area contributed by atoms with Crippen molar-refractivity contribution < 1.29 is 13.9 Å². The molecule has 0 aromatic heterocycles. The maximum atomic E-state index is 14.9. The molecule has 3 unspecified atom stereocenters. The van der Waals surface area contributed by atoms with Gasteiger partial charge in [-0.2, -0.15) is 0 Å². The van der Waals surface area contributed by atoms with E-state index in [2.05, 4.69) is 6.58 Å². The van der Waals surface area contributed by atoms with E-state index in [0.717, 1.165) is 12.0 Å². The van der Waals surface area contributed by atoms with E-state index in [4.69, 9.17) is 0 Å². The van der Waals surface area contributed by atoms with Gasteiger partial charge in [-0.1, -0.05) is 61.2 Å². The zero-order valence-corrected chi connectivity index (χ0v) is 17.2. The van der Waals surface area contributed by atoms with Gasteiger partial charge in [-0.25, -0.2) is 8.78 Å². The minimum atomic E-state index is -1.26. The Balaban J connectivity index is 3.63. The van der Waals surface area contributed by atoms with Gasteiger partial charge in [0.2, 0.25) is 0 Å². The Morgan fingerprint density at radius 3 is 2.50 bits per heavy atom. The van der Waals surface area contributed by atoms with E-state index < -0.39 is 11.7 Å². The molecule has 0 radical (unpaired) electrons. The highest BCUT2D eigenvalue weighted by Gasteiger charge is 2.16. The van der Waals surface area contributed by atoms with E-state index in [9.17, 15) is 13.9 Å². The minimum absolute atomic E-state index is 0.0433. The van der Waals surface area contributed by atoms with Gasteiger partial charge in [0.05, 0.1) is 0 Å². The van der Waals surface area contributed by atoms with Gasteiger partial charge in [-0.3, -0.25) is 0 Å². The summed E-state index contributed by atoms with van der Waals surface area (Å²) in [6.07, 6.45) is 8.33. The Hall–Kier alpha value is -1.73. The first kappa shape index (κ1) is 22.3. The van der Waals surface area contributed by atoms with Gasteiger partial charge in [0.25, 0.3) is 0 Å². The van der Waals surface area contributed by atoms with E-state index in [0.29, 0.717) is 23.1 Å². The van der Waals surface area contributed by atoms with Crippen molar-refractivity contribution in [1.29, 1.82) is 0 Å². The van der Waals surface area contributed by atoms with E-state index in [-0.39, 0.29) is 17.3 Å². The van der Waals surface area contributed by atoms with Crippen LogP contribution in [0.1, 0.15) is 50.3 Å². The molecule has 0 aliphatic heterocycles. The maximum absolute atomic E-state index is 14.9. The number of allylic oxidation sites excluding steroid dienone is 6. The molecular weight excluding hydrogens is 349 g/mol.